The molecule has 0 aliphatic rings. The van der Waals surface area contributed by atoms with Crippen LogP contribution in [0, 0.1) is 17.7 Å². The van der Waals surface area contributed by atoms with Gasteiger partial charge in [0, 0.05) is 25.3 Å². The first-order valence-electron chi connectivity index (χ1n) is 11.2. The molecule has 0 amide bonds. The topological polar surface area (TPSA) is 34.9 Å². The Hall–Kier alpha value is -2.49. The Kier molecular flexibility index (Phi) is 7.78. The molecule has 4 heteroatoms. The van der Waals surface area contributed by atoms with Gasteiger partial charge in [0.25, 0.3) is 0 Å². The third-order valence-corrected chi connectivity index (χ3v) is 5.71. The van der Waals surface area contributed by atoms with Crippen LogP contribution >= 0.6 is 0 Å². The van der Waals surface area contributed by atoms with Crippen molar-refractivity contribution in [2.75, 3.05) is 0 Å². The molecule has 0 fully saturated rings. The van der Waals surface area contributed by atoms with Crippen molar-refractivity contribution in [3.8, 4) is 0 Å². The molecule has 0 saturated heterocycles. The van der Waals surface area contributed by atoms with E-state index in [9.17, 15) is 9.18 Å². The molecule has 1 unspecified atom stereocenters. The van der Waals surface area contributed by atoms with E-state index in [1.54, 1.807) is 6.07 Å². The number of carbonyl (C=O) groups excluding carboxylic acids is 1. The molecule has 30 heavy (non-hydrogen) atoms. The summed E-state index contributed by atoms with van der Waals surface area (Å²) >= 11 is 0. The summed E-state index contributed by atoms with van der Waals surface area (Å²) in [6, 6.07) is 14.6. The molecule has 0 aliphatic heterocycles. The smallest absolute Gasteiger partial charge is 0.140 e. The largest absolute Gasteiger partial charge is 0.328 e. The third kappa shape index (κ3) is 5.78. The average molecular weight is 409 g/mol. The number of rotatable bonds is 11. The van der Waals surface area contributed by atoms with Crippen LogP contribution in [-0.2, 0) is 24.2 Å². The number of hydrogen-bond acceptors (Lipinski definition) is 2. The van der Waals surface area contributed by atoms with Crippen LogP contribution in [0.4, 0.5) is 4.39 Å². The predicted octanol–water partition coefficient (Wildman–Crippen LogP) is 6.38. The average Bonchev–Trinajstić information content (AvgIpc) is 3.06. The van der Waals surface area contributed by atoms with Crippen molar-refractivity contribution in [3.05, 3.63) is 65.7 Å². The lowest BCUT2D eigenvalue weighted by Crippen LogP contribution is -2.22. The Labute approximate surface area is 179 Å². The molecule has 0 bridgehead atoms. The molecule has 3 nitrogen and oxygen atoms in total. The number of Topliss-reactive ketones (excluding diaryl/α,β-unsaturated/α-hetero) is 1. The number of imidazole rings is 1. The van der Waals surface area contributed by atoms with Gasteiger partial charge in [-0.2, -0.15) is 0 Å². The molecule has 2 aromatic carbocycles. The Morgan fingerprint density at radius 2 is 1.90 bits per heavy atom. The van der Waals surface area contributed by atoms with E-state index in [1.807, 2.05) is 24.3 Å². The lowest BCUT2D eigenvalue weighted by atomic mass is 9.88. The van der Waals surface area contributed by atoms with E-state index in [-0.39, 0.29) is 23.9 Å². The second-order valence-corrected chi connectivity index (χ2v) is 8.67. The van der Waals surface area contributed by atoms with E-state index >= 15 is 0 Å². The highest BCUT2D eigenvalue weighted by molar-refractivity contribution is 5.83. The van der Waals surface area contributed by atoms with Crippen LogP contribution in [0.2, 0.25) is 0 Å². The molecular formula is C26H33FN2O. The highest BCUT2D eigenvalue weighted by atomic mass is 19.1. The van der Waals surface area contributed by atoms with Gasteiger partial charge in [-0.15, -0.1) is 0 Å². The summed E-state index contributed by atoms with van der Waals surface area (Å²) in [6.45, 7) is 7.48. The number of aryl methyl sites for hydroxylation is 1. The summed E-state index contributed by atoms with van der Waals surface area (Å²) in [7, 11) is 0. The zero-order valence-corrected chi connectivity index (χ0v) is 18.4. The first-order chi connectivity index (χ1) is 14.5. The van der Waals surface area contributed by atoms with E-state index in [2.05, 4.69) is 31.4 Å². The SMILES string of the molecule is CCCCn1c(CC(CCC(C)C)C(=O)Cc2cccc(F)c2)nc2ccccc21. The summed E-state index contributed by atoms with van der Waals surface area (Å²) in [5.74, 6) is 1.31. The highest BCUT2D eigenvalue weighted by Crippen LogP contribution is 2.24. The number of ketones is 1. The molecule has 1 atom stereocenters. The molecule has 0 saturated carbocycles. The fourth-order valence-corrected chi connectivity index (χ4v) is 3.97. The van der Waals surface area contributed by atoms with Crippen LogP contribution in [0.15, 0.2) is 48.5 Å². The van der Waals surface area contributed by atoms with E-state index in [0.29, 0.717) is 12.3 Å². The normalized spacial score (nSPS) is 12.6. The number of halogens is 1. The number of aromatic nitrogens is 2. The molecule has 0 radical (unpaired) electrons. The van der Waals surface area contributed by atoms with Gasteiger partial charge in [0.15, 0.2) is 0 Å². The van der Waals surface area contributed by atoms with Crippen molar-refractivity contribution in [2.24, 2.45) is 11.8 Å². The Morgan fingerprint density at radius 1 is 1.10 bits per heavy atom. The first-order valence-corrected chi connectivity index (χ1v) is 11.2. The van der Waals surface area contributed by atoms with E-state index in [0.717, 1.165) is 54.6 Å². The monoisotopic (exact) mass is 408 g/mol. The zero-order chi connectivity index (χ0) is 21.5. The summed E-state index contributed by atoms with van der Waals surface area (Å²) in [4.78, 5) is 18.1. The van der Waals surface area contributed by atoms with Crippen LogP contribution in [0.3, 0.4) is 0 Å². The van der Waals surface area contributed by atoms with Gasteiger partial charge in [-0.1, -0.05) is 57.9 Å². The van der Waals surface area contributed by atoms with Crippen LogP contribution in [-0.4, -0.2) is 15.3 Å². The van der Waals surface area contributed by atoms with E-state index in [4.69, 9.17) is 4.98 Å². The van der Waals surface area contributed by atoms with Crippen molar-refractivity contribution in [1.82, 2.24) is 9.55 Å². The molecule has 1 aromatic heterocycles. The third-order valence-electron chi connectivity index (χ3n) is 5.71. The van der Waals surface area contributed by atoms with Gasteiger partial charge >= 0.3 is 0 Å². The lowest BCUT2D eigenvalue weighted by molar-refractivity contribution is -0.122. The molecule has 3 rings (SSSR count). The maximum atomic E-state index is 13.6. The highest BCUT2D eigenvalue weighted by Gasteiger charge is 2.23. The second kappa shape index (κ2) is 10.5. The van der Waals surface area contributed by atoms with Gasteiger partial charge in [0.2, 0.25) is 0 Å². The number of carbonyl (C=O) groups is 1. The molecule has 160 valence electrons. The minimum atomic E-state index is -0.291. The van der Waals surface area contributed by atoms with Crippen molar-refractivity contribution >= 4 is 16.8 Å². The number of hydrogen-bond donors (Lipinski definition) is 0. The maximum absolute atomic E-state index is 13.6. The van der Waals surface area contributed by atoms with Gasteiger partial charge < -0.3 is 4.57 Å². The number of nitrogens with zero attached hydrogens (tertiary/aromatic N) is 2. The van der Waals surface area contributed by atoms with Crippen molar-refractivity contribution < 1.29 is 9.18 Å². The number of para-hydroxylation sites is 2. The van der Waals surface area contributed by atoms with Gasteiger partial charge in [-0.25, -0.2) is 9.37 Å². The van der Waals surface area contributed by atoms with Gasteiger partial charge in [0.05, 0.1) is 11.0 Å². The fraction of sp³-hybridized carbons (Fsp3) is 0.462. The quantitative estimate of drug-likeness (QED) is 0.369. The van der Waals surface area contributed by atoms with Crippen molar-refractivity contribution in [2.45, 2.75) is 65.8 Å². The molecule has 0 spiro atoms. The maximum Gasteiger partial charge on any atom is 0.140 e. The number of fused-ring (bicyclic) bond motifs is 1. The lowest BCUT2D eigenvalue weighted by Gasteiger charge is -2.18. The minimum absolute atomic E-state index is 0.104. The van der Waals surface area contributed by atoms with Crippen molar-refractivity contribution in [3.63, 3.8) is 0 Å². The molecule has 0 N–H and O–H groups in total. The standard InChI is InChI=1S/C26H33FN2O/c1-4-5-15-29-24-12-7-6-11-23(24)28-26(29)18-21(14-13-19(2)3)25(30)17-20-9-8-10-22(27)16-20/h6-12,16,19,21H,4-5,13-15,17-18H2,1-3H3. The van der Waals surface area contributed by atoms with Crippen molar-refractivity contribution in [1.29, 1.82) is 0 Å². The number of benzene rings is 2. The fourth-order valence-electron chi connectivity index (χ4n) is 3.97. The Morgan fingerprint density at radius 3 is 2.63 bits per heavy atom. The van der Waals surface area contributed by atoms with Crippen LogP contribution in [0.1, 0.15) is 57.8 Å². The molecule has 1 heterocycles. The number of unbranched alkanes of at least 4 members (excludes halogenated alkanes) is 1. The second-order valence-electron chi connectivity index (χ2n) is 8.67. The van der Waals surface area contributed by atoms with Crippen LogP contribution in [0.25, 0.3) is 11.0 Å². The summed E-state index contributed by atoms with van der Waals surface area (Å²) < 4.78 is 15.9. The Balaban J connectivity index is 1.86. The van der Waals surface area contributed by atoms with Gasteiger partial charge in [-0.05, 0) is 48.6 Å². The van der Waals surface area contributed by atoms with Gasteiger partial charge in [-0.3, -0.25) is 4.79 Å². The van der Waals surface area contributed by atoms with E-state index < -0.39 is 0 Å². The van der Waals surface area contributed by atoms with Crippen LogP contribution in [0.5, 0.6) is 0 Å². The zero-order valence-electron chi connectivity index (χ0n) is 18.4. The van der Waals surface area contributed by atoms with E-state index in [1.165, 1.54) is 12.1 Å². The minimum Gasteiger partial charge on any atom is -0.328 e. The van der Waals surface area contributed by atoms with Crippen LogP contribution < -0.4 is 0 Å². The molecule has 0 aliphatic carbocycles. The Bertz CT molecular complexity index is 976. The summed E-state index contributed by atoms with van der Waals surface area (Å²) in [5, 5.41) is 0. The predicted molar refractivity (Wildman–Crippen MR) is 121 cm³/mol. The summed E-state index contributed by atoms with van der Waals surface area (Å²) in [6.07, 6.45) is 4.94. The first kappa shape index (κ1) is 22.2. The van der Waals surface area contributed by atoms with Gasteiger partial charge in [0.1, 0.15) is 17.4 Å². The molecule has 3 aromatic rings. The molecular weight excluding hydrogens is 375 g/mol. The summed E-state index contributed by atoms with van der Waals surface area (Å²) in [5.41, 5.74) is 2.87.